The highest BCUT2D eigenvalue weighted by Crippen LogP contribution is 2.14. The van der Waals surface area contributed by atoms with Gasteiger partial charge in [-0.15, -0.1) is 0 Å². The van der Waals surface area contributed by atoms with Crippen molar-refractivity contribution >= 4 is 11.9 Å². The molecule has 0 heterocycles. The average Bonchev–Trinajstić information content (AvgIpc) is 2.83. The minimum Gasteiger partial charge on any atom is -0.464 e. The minimum absolute atomic E-state index is 0.0373. The number of hydrogen-bond donors (Lipinski definition) is 1. The number of rotatable bonds is 20. The second-order valence-corrected chi connectivity index (χ2v) is 9.94. The lowest BCUT2D eigenvalue weighted by atomic mass is 10.0. The molecule has 200 valence electrons. The number of carbonyl (C=O) groups excluding carboxylic acids is 2. The van der Waals surface area contributed by atoms with Gasteiger partial charge in [-0.05, 0) is 30.5 Å². The van der Waals surface area contributed by atoms with Crippen molar-refractivity contribution in [1.82, 2.24) is 5.32 Å². The number of hydrogen-bond acceptors (Lipinski definition) is 3. The van der Waals surface area contributed by atoms with Crippen molar-refractivity contribution in [3.63, 3.8) is 0 Å². The lowest BCUT2D eigenvalue weighted by Crippen LogP contribution is -2.45. The van der Waals surface area contributed by atoms with Gasteiger partial charge < -0.3 is 10.1 Å². The fraction of sp³-hybridized carbons (Fsp3) is 0.724. The second-order valence-electron chi connectivity index (χ2n) is 9.94. The van der Waals surface area contributed by atoms with Crippen LogP contribution in [-0.2, 0) is 9.53 Å². The SMILES string of the molecule is CCCCCCCCCCCCCCCCCOC(=O)C(NC(=O)c1ccc(F)c(F)c1)C(C)C. The number of ether oxygens (including phenoxy) is 1. The lowest BCUT2D eigenvalue weighted by molar-refractivity contribution is -0.147. The highest BCUT2D eigenvalue weighted by Gasteiger charge is 2.26. The van der Waals surface area contributed by atoms with Crippen LogP contribution in [0.1, 0.15) is 127 Å². The summed E-state index contributed by atoms with van der Waals surface area (Å²) in [7, 11) is 0. The first-order valence-corrected chi connectivity index (χ1v) is 13.8. The Kier molecular flexibility index (Phi) is 17.1. The zero-order valence-corrected chi connectivity index (χ0v) is 22.2. The van der Waals surface area contributed by atoms with Crippen molar-refractivity contribution in [2.75, 3.05) is 6.61 Å². The molecule has 0 aliphatic carbocycles. The summed E-state index contributed by atoms with van der Waals surface area (Å²) in [5, 5.41) is 2.58. The largest absolute Gasteiger partial charge is 0.464 e. The van der Waals surface area contributed by atoms with Crippen LogP contribution in [0.25, 0.3) is 0 Å². The monoisotopic (exact) mass is 495 g/mol. The van der Waals surface area contributed by atoms with E-state index in [2.05, 4.69) is 12.2 Å². The molecule has 0 aromatic heterocycles. The van der Waals surface area contributed by atoms with E-state index in [1.165, 1.54) is 83.1 Å². The van der Waals surface area contributed by atoms with Gasteiger partial charge in [0.15, 0.2) is 11.6 Å². The summed E-state index contributed by atoms with van der Waals surface area (Å²) in [6.07, 6.45) is 19.0. The first-order chi connectivity index (χ1) is 16.9. The molecule has 1 rings (SSSR count). The van der Waals surface area contributed by atoms with E-state index in [1.54, 1.807) is 13.8 Å². The minimum atomic E-state index is -1.10. The van der Waals surface area contributed by atoms with Crippen LogP contribution in [0.15, 0.2) is 18.2 Å². The number of nitrogens with one attached hydrogen (secondary N) is 1. The first-order valence-electron chi connectivity index (χ1n) is 13.8. The van der Waals surface area contributed by atoms with E-state index < -0.39 is 29.6 Å². The van der Waals surface area contributed by atoms with Gasteiger partial charge in [-0.25, -0.2) is 13.6 Å². The first kappa shape index (κ1) is 31.1. The highest BCUT2D eigenvalue weighted by atomic mass is 19.2. The van der Waals surface area contributed by atoms with Gasteiger partial charge in [0.2, 0.25) is 0 Å². The van der Waals surface area contributed by atoms with Gasteiger partial charge in [0, 0.05) is 5.56 Å². The predicted octanol–water partition coefficient (Wildman–Crippen LogP) is 8.13. The number of unbranched alkanes of at least 4 members (excludes halogenated alkanes) is 14. The Bertz CT molecular complexity index is 724. The molecule has 0 saturated carbocycles. The van der Waals surface area contributed by atoms with E-state index in [0.29, 0.717) is 6.61 Å². The van der Waals surface area contributed by atoms with Gasteiger partial charge in [-0.2, -0.15) is 0 Å². The lowest BCUT2D eigenvalue weighted by Gasteiger charge is -2.21. The van der Waals surface area contributed by atoms with Crippen LogP contribution >= 0.6 is 0 Å². The third-order valence-corrected chi connectivity index (χ3v) is 6.38. The van der Waals surface area contributed by atoms with E-state index in [-0.39, 0.29) is 11.5 Å². The Labute approximate surface area is 211 Å². The molecule has 6 heteroatoms. The average molecular weight is 496 g/mol. The molecule has 1 N–H and O–H groups in total. The molecule has 0 saturated heterocycles. The maximum absolute atomic E-state index is 13.4. The van der Waals surface area contributed by atoms with Crippen molar-refractivity contribution < 1.29 is 23.1 Å². The molecule has 1 atom stereocenters. The van der Waals surface area contributed by atoms with E-state index >= 15 is 0 Å². The molecule has 35 heavy (non-hydrogen) atoms. The second kappa shape index (κ2) is 19.2. The van der Waals surface area contributed by atoms with Crippen LogP contribution in [-0.4, -0.2) is 24.5 Å². The van der Waals surface area contributed by atoms with Crippen molar-refractivity contribution in [3.05, 3.63) is 35.4 Å². The van der Waals surface area contributed by atoms with Crippen LogP contribution in [0.5, 0.6) is 0 Å². The normalized spacial score (nSPS) is 12.1. The molecule has 0 aliphatic heterocycles. The number of halogens is 2. The zero-order chi connectivity index (χ0) is 25.9. The molecule has 0 spiro atoms. The van der Waals surface area contributed by atoms with Gasteiger partial charge in [0.1, 0.15) is 6.04 Å². The molecule has 0 bridgehead atoms. The molecular formula is C29H47F2NO3. The Morgan fingerprint density at radius 2 is 1.26 bits per heavy atom. The van der Waals surface area contributed by atoms with Gasteiger partial charge in [0.05, 0.1) is 6.61 Å². The molecule has 0 aliphatic rings. The highest BCUT2D eigenvalue weighted by molar-refractivity contribution is 5.96. The Hall–Kier alpha value is -1.98. The van der Waals surface area contributed by atoms with Crippen molar-refractivity contribution in [2.45, 2.75) is 123 Å². The maximum atomic E-state index is 13.4. The van der Waals surface area contributed by atoms with Gasteiger partial charge in [0.25, 0.3) is 5.91 Å². The van der Waals surface area contributed by atoms with E-state index in [0.717, 1.165) is 31.4 Å². The zero-order valence-electron chi connectivity index (χ0n) is 22.2. The summed E-state index contributed by atoms with van der Waals surface area (Å²) in [4.78, 5) is 24.8. The Balaban J connectivity index is 2.09. The molecule has 0 fully saturated rings. The third kappa shape index (κ3) is 14.2. The number of amides is 1. The van der Waals surface area contributed by atoms with Crippen LogP contribution < -0.4 is 5.32 Å². The summed E-state index contributed by atoms with van der Waals surface area (Å²) in [5.74, 6) is -3.45. The standard InChI is InChI=1S/C29H47F2NO3/c1-4-5-6-7-8-9-10-11-12-13-14-15-16-17-18-21-35-29(34)27(23(2)3)32-28(33)24-19-20-25(30)26(31)22-24/h19-20,22-23,27H,4-18,21H2,1-3H3,(H,32,33). The molecule has 1 amide bonds. The Morgan fingerprint density at radius 3 is 1.71 bits per heavy atom. The quantitative estimate of drug-likeness (QED) is 0.147. The number of carbonyl (C=O) groups is 2. The van der Waals surface area contributed by atoms with E-state index in [4.69, 9.17) is 4.74 Å². The van der Waals surface area contributed by atoms with Crippen LogP contribution in [0.3, 0.4) is 0 Å². The Morgan fingerprint density at radius 1 is 0.771 bits per heavy atom. The number of benzene rings is 1. The molecule has 1 unspecified atom stereocenters. The fourth-order valence-corrected chi connectivity index (χ4v) is 4.10. The topological polar surface area (TPSA) is 55.4 Å². The van der Waals surface area contributed by atoms with Gasteiger partial charge in [-0.1, -0.05) is 111 Å². The van der Waals surface area contributed by atoms with Gasteiger partial charge >= 0.3 is 5.97 Å². The van der Waals surface area contributed by atoms with Crippen molar-refractivity contribution in [1.29, 1.82) is 0 Å². The summed E-state index contributed by atoms with van der Waals surface area (Å²) < 4.78 is 31.8. The predicted molar refractivity (Wildman–Crippen MR) is 138 cm³/mol. The summed E-state index contributed by atoms with van der Waals surface area (Å²) in [5.41, 5.74) is -0.0373. The van der Waals surface area contributed by atoms with Gasteiger partial charge in [-0.3, -0.25) is 4.79 Å². The molecule has 0 radical (unpaired) electrons. The van der Waals surface area contributed by atoms with Crippen molar-refractivity contribution in [3.8, 4) is 0 Å². The molecule has 4 nitrogen and oxygen atoms in total. The van der Waals surface area contributed by atoms with Crippen LogP contribution in [0.2, 0.25) is 0 Å². The van der Waals surface area contributed by atoms with E-state index in [1.807, 2.05) is 0 Å². The molecule has 1 aromatic rings. The fourth-order valence-electron chi connectivity index (χ4n) is 4.10. The maximum Gasteiger partial charge on any atom is 0.328 e. The number of esters is 1. The summed E-state index contributed by atoms with van der Waals surface area (Å²) >= 11 is 0. The van der Waals surface area contributed by atoms with Crippen LogP contribution in [0.4, 0.5) is 8.78 Å². The van der Waals surface area contributed by atoms with Crippen molar-refractivity contribution in [2.24, 2.45) is 5.92 Å². The third-order valence-electron chi connectivity index (χ3n) is 6.38. The summed E-state index contributed by atoms with van der Waals surface area (Å²) in [6, 6.07) is 2.06. The van der Waals surface area contributed by atoms with E-state index in [9.17, 15) is 18.4 Å². The molecule has 1 aromatic carbocycles. The van der Waals surface area contributed by atoms with Crippen LogP contribution in [0, 0.1) is 17.6 Å². The molecular weight excluding hydrogens is 448 g/mol. The smallest absolute Gasteiger partial charge is 0.328 e. The summed E-state index contributed by atoms with van der Waals surface area (Å²) in [6.45, 7) is 6.17.